The molecule has 23 heavy (non-hydrogen) atoms. The first kappa shape index (κ1) is 15.2. The molecule has 0 spiro atoms. The van der Waals surface area contributed by atoms with Gasteiger partial charge >= 0.3 is 0 Å². The van der Waals surface area contributed by atoms with Gasteiger partial charge < -0.3 is 4.90 Å². The lowest BCUT2D eigenvalue weighted by Crippen LogP contribution is -2.53. The fourth-order valence-corrected chi connectivity index (χ4v) is 4.88. The van der Waals surface area contributed by atoms with Crippen molar-refractivity contribution in [3.63, 3.8) is 0 Å². The van der Waals surface area contributed by atoms with Crippen LogP contribution < -0.4 is 5.56 Å². The minimum atomic E-state index is 0.00631. The highest BCUT2D eigenvalue weighted by Crippen LogP contribution is 2.29. The summed E-state index contributed by atoms with van der Waals surface area (Å²) in [6.45, 7) is 2.22. The molecule has 2 aliphatic heterocycles. The largest absolute Gasteiger partial charge is 0.342 e. The zero-order valence-corrected chi connectivity index (χ0v) is 14.2. The number of aromatic nitrogens is 2. The number of likely N-dealkylation sites (tertiary alicyclic amines) is 1. The van der Waals surface area contributed by atoms with Crippen LogP contribution in [0.25, 0.3) is 0 Å². The average molecular weight is 333 g/mol. The van der Waals surface area contributed by atoms with Crippen molar-refractivity contribution < 1.29 is 4.79 Å². The molecule has 2 fully saturated rings. The van der Waals surface area contributed by atoms with E-state index in [4.69, 9.17) is 0 Å². The Kier molecular flexibility index (Phi) is 4.18. The number of nitrogens with zero attached hydrogens (tertiary/aromatic N) is 3. The van der Waals surface area contributed by atoms with Crippen LogP contribution in [0.5, 0.6) is 0 Å². The molecule has 1 saturated heterocycles. The number of hydrogen-bond acceptors (Lipinski definition) is 4. The summed E-state index contributed by atoms with van der Waals surface area (Å²) in [6, 6.07) is 1.76. The van der Waals surface area contributed by atoms with E-state index < -0.39 is 0 Å². The molecule has 1 aliphatic carbocycles. The molecule has 0 unspecified atom stereocenters. The molecular formula is C17H23N3O2S. The summed E-state index contributed by atoms with van der Waals surface area (Å²) in [5, 5.41) is 4.57. The molecule has 0 atom stereocenters. The highest BCUT2D eigenvalue weighted by molar-refractivity contribution is 7.98. The van der Waals surface area contributed by atoms with Gasteiger partial charge in [0.05, 0.1) is 12.2 Å². The second kappa shape index (κ2) is 6.30. The van der Waals surface area contributed by atoms with Crippen molar-refractivity contribution in [2.45, 2.75) is 44.4 Å². The normalized spacial score (nSPS) is 22.0. The van der Waals surface area contributed by atoms with Gasteiger partial charge in [-0.3, -0.25) is 9.59 Å². The number of hydrogen-bond donors (Lipinski definition) is 0. The quantitative estimate of drug-likeness (QED) is 0.844. The summed E-state index contributed by atoms with van der Waals surface area (Å²) in [4.78, 5) is 26.5. The molecule has 1 aromatic heterocycles. The topological polar surface area (TPSA) is 55.2 Å². The van der Waals surface area contributed by atoms with E-state index in [0.29, 0.717) is 18.4 Å². The number of aryl methyl sites for hydroxylation is 1. The van der Waals surface area contributed by atoms with Gasteiger partial charge in [0.1, 0.15) is 0 Å². The predicted octanol–water partition coefficient (Wildman–Crippen LogP) is 1.68. The molecule has 4 rings (SSSR count). The van der Waals surface area contributed by atoms with Crippen molar-refractivity contribution in [3.05, 3.63) is 27.7 Å². The van der Waals surface area contributed by atoms with Crippen LogP contribution in [0.2, 0.25) is 0 Å². The summed E-state index contributed by atoms with van der Waals surface area (Å²) in [7, 11) is 0. The monoisotopic (exact) mass is 333 g/mol. The minimum Gasteiger partial charge on any atom is -0.342 e. The molecule has 0 N–H and O–H groups in total. The van der Waals surface area contributed by atoms with Crippen molar-refractivity contribution in [2.24, 2.45) is 11.8 Å². The van der Waals surface area contributed by atoms with Crippen molar-refractivity contribution in [1.82, 2.24) is 14.7 Å². The Labute approximate surface area is 140 Å². The standard InChI is InChI=1S/C17H23N3O2S/c21-16-7-14-11-23-6-5-15(14)18-20(16)10-12-8-19(9-12)17(22)13-3-1-2-4-13/h7,12-13H,1-6,8-11H2. The maximum Gasteiger partial charge on any atom is 0.267 e. The van der Waals surface area contributed by atoms with Crippen LogP contribution in [0.1, 0.15) is 36.9 Å². The van der Waals surface area contributed by atoms with E-state index >= 15 is 0 Å². The van der Waals surface area contributed by atoms with Crippen molar-refractivity contribution in [1.29, 1.82) is 0 Å². The van der Waals surface area contributed by atoms with E-state index in [2.05, 4.69) is 5.10 Å². The summed E-state index contributed by atoms with van der Waals surface area (Å²) >= 11 is 1.86. The van der Waals surface area contributed by atoms with Crippen molar-refractivity contribution in [3.8, 4) is 0 Å². The summed E-state index contributed by atoms with van der Waals surface area (Å²) in [5.41, 5.74) is 2.20. The number of fused-ring (bicyclic) bond motifs is 1. The zero-order chi connectivity index (χ0) is 15.8. The van der Waals surface area contributed by atoms with E-state index in [1.807, 2.05) is 16.7 Å². The maximum absolute atomic E-state index is 12.3. The van der Waals surface area contributed by atoms with Crippen LogP contribution in [-0.4, -0.2) is 39.4 Å². The van der Waals surface area contributed by atoms with Gasteiger partial charge in [0.15, 0.2) is 0 Å². The molecule has 124 valence electrons. The molecule has 3 aliphatic rings. The van der Waals surface area contributed by atoms with E-state index in [9.17, 15) is 9.59 Å². The van der Waals surface area contributed by atoms with Gasteiger partial charge in [-0.1, -0.05) is 12.8 Å². The van der Waals surface area contributed by atoms with Gasteiger partial charge in [0.2, 0.25) is 5.91 Å². The summed E-state index contributed by atoms with van der Waals surface area (Å²) in [6.07, 6.45) is 5.46. The molecule has 0 radical (unpaired) electrons. The Bertz CT molecular complexity index is 660. The van der Waals surface area contributed by atoms with Crippen LogP contribution in [0.4, 0.5) is 0 Å². The number of thioether (sulfide) groups is 1. The molecular weight excluding hydrogens is 310 g/mol. The molecule has 1 amide bonds. The Morgan fingerprint density at radius 1 is 1.30 bits per heavy atom. The van der Waals surface area contributed by atoms with E-state index in [0.717, 1.165) is 55.1 Å². The third-order valence-electron chi connectivity index (χ3n) is 5.31. The smallest absolute Gasteiger partial charge is 0.267 e. The fourth-order valence-electron chi connectivity index (χ4n) is 3.92. The molecule has 0 aromatic carbocycles. The van der Waals surface area contributed by atoms with Crippen LogP contribution >= 0.6 is 11.8 Å². The SMILES string of the molecule is O=C(C1CCCC1)N1CC(Cn2nc3c(cc2=O)CSCC3)C1. The number of carbonyl (C=O) groups excluding carboxylic acids is 1. The molecule has 1 saturated carbocycles. The van der Waals surface area contributed by atoms with Crippen LogP contribution in [0, 0.1) is 11.8 Å². The average Bonchev–Trinajstić information content (AvgIpc) is 3.04. The fraction of sp³-hybridized carbons (Fsp3) is 0.706. The van der Waals surface area contributed by atoms with E-state index in [1.165, 1.54) is 12.8 Å². The minimum absolute atomic E-state index is 0.00631. The zero-order valence-electron chi connectivity index (χ0n) is 13.4. The Hall–Kier alpha value is -1.30. The first-order chi connectivity index (χ1) is 11.2. The highest BCUT2D eigenvalue weighted by Gasteiger charge is 2.35. The summed E-state index contributed by atoms with van der Waals surface area (Å²) in [5.74, 6) is 2.97. The molecule has 5 nitrogen and oxygen atoms in total. The molecule has 1 aromatic rings. The first-order valence-corrected chi connectivity index (χ1v) is 9.82. The third kappa shape index (κ3) is 3.05. The Balaban J connectivity index is 1.37. The lowest BCUT2D eigenvalue weighted by atomic mass is 9.96. The number of carbonyl (C=O) groups is 1. The second-order valence-electron chi connectivity index (χ2n) is 7.03. The van der Waals surface area contributed by atoms with Crippen molar-refractivity contribution >= 4 is 17.7 Å². The highest BCUT2D eigenvalue weighted by atomic mass is 32.2. The lowest BCUT2D eigenvalue weighted by Gasteiger charge is -2.40. The van der Waals surface area contributed by atoms with E-state index in [1.54, 1.807) is 10.7 Å². The predicted molar refractivity (Wildman–Crippen MR) is 90.4 cm³/mol. The van der Waals surface area contributed by atoms with Gasteiger partial charge in [0, 0.05) is 43.2 Å². The lowest BCUT2D eigenvalue weighted by molar-refractivity contribution is -0.142. The second-order valence-corrected chi connectivity index (χ2v) is 8.14. The maximum atomic E-state index is 12.3. The molecule has 3 heterocycles. The van der Waals surface area contributed by atoms with E-state index in [-0.39, 0.29) is 11.5 Å². The Morgan fingerprint density at radius 2 is 2.09 bits per heavy atom. The van der Waals surface area contributed by atoms with Gasteiger partial charge in [0.25, 0.3) is 5.56 Å². The molecule has 6 heteroatoms. The third-order valence-corrected chi connectivity index (χ3v) is 6.32. The molecule has 0 bridgehead atoms. The van der Waals surface area contributed by atoms with Crippen LogP contribution in [0.15, 0.2) is 10.9 Å². The van der Waals surface area contributed by atoms with Gasteiger partial charge in [-0.15, -0.1) is 0 Å². The van der Waals surface area contributed by atoms with Crippen LogP contribution in [0.3, 0.4) is 0 Å². The summed E-state index contributed by atoms with van der Waals surface area (Å²) < 4.78 is 1.62. The number of rotatable bonds is 3. The number of amides is 1. The van der Waals surface area contributed by atoms with Crippen LogP contribution in [-0.2, 0) is 23.5 Å². The van der Waals surface area contributed by atoms with Gasteiger partial charge in [-0.05, 0) is 24.2 Å². The van der Waals surface area contributed by atoms with Gasteiger partial charge in [-0.25, -0.2) is 4.68 Å². The Morgan fingerprint density at radius 3 is 2.87 bits per heavy atom. The van der Waals surface area contributed by atoms with Gasteiger partial charge in [-0.2, -0.15) is 16.9 Å². The first-order valence-electron chi connectivity index (χ1n) is 8.67. The van der Waals surface area contributed by atoms with Crippen molar-refractivity contribution in [2.75, 3.05) is 18.8 Å².